The van der Waals surface area contributed by atoms with Crippen LogP contribution in [0.4, 0.5) is 13.2 Å². The lowest BCUT2D eigenvalue weighted by molar-refractivity contribution is -0.141. The molecule has 1 aliphatic heterocycles. The number of hydrogen-bond donors (Lipinski definition) is 2. The molecule has 1 aromatic heterocycles. The highest BCUT2D eigenvalue weighted by atomic mass is 19.4. The summed E-state index contributed by atoms with van der Waals surface area (Å²) < 4.78 is 41.1. The summed E-state index contributed by atoms with van der Waals surface area (Å²) in [5, 5.41) is 8.62. The maximum atomic E-state index is 13.4. The first-order valence-corrected chi connectivity index (χ1v) is 10.2. The lowest BCUT2D eigenvalue weighted by Crippen LogP contribution is -2.43. The van der Waals surface area contributed by atoms with Crippen LogP contribution in [0.5, 0.6) is 0 Å². The van der Waals surface area contributed by atoms with E-state index in [1.165, 1.54) is 6.92 Å². The zero-order valence-corrected chi connectivity index (χ0v) is 17.5. The molecule has 0 unspecified atom stereocenters. The van der Waals surface area contributed by atoms with Gasteiger partial charge in [0.1, 0.15) is 0 Å². The monoisotopic (exact) mass is 451 g/mol. The molecule has 1 aromatic carbocycles. The second-order valence-electron chi connectivity index (χ2n) is 7.50. The fourth-order valence-corrected chi connectivity index (χ4v) is 3.52. The van der Waals surface area contributed by atoms with Crippen LogP contribution < -0.4 is 10.6 Å². The predicted molar refractivity (Wildman–Crippen MR) is 109 cm³/mol. The molecule has 0 bridgehead atoms. The molecular formula is C21H24F3N5O3. The van der Waals surface area contributed by atoms with Crippen LogP contribution in [0.2, 0.25) is 0 Å². The number of carbonyl (C=O) groups is 3. The third-order valence-electron chi connectivity index (χ3n) is 5.27. The summed E-state index contributed by atoms with van der Waals surface area (Å²) in [6.45, 7) is 2.54. The Hall–Kier alpha value is -3.37. The molecule has 0 spiro atoms. The molecule has 2 N–H and O–H groups in total. The summed E-state index contributed by atoms with van der Waals surface area (Å²) in [6.07, 6.45) is -2.67. The van der Waals surface area contributed by atoms with E-state index in [4.69, 9.17) is 0 Å². The van der Waals surface area contributed by atoms with Gasteiger partial charge in [0.25, 0.3) is 5.91 Å². The number of hydrogen-bond acceptors (Lipinski definition) is 4. The summed E-state index contributed by atoms with van der Waals surface area (Å²) in [7, 11) is 0. The molecule has 1 saturated heterocycles. The maximum absolute atomic E-state index is 13.4. The van der Waals surface area contributed by atoms with Gasteiger partial charge in [-0.2, -0.15) is 18.3 Å². The van der Waals surface area contributed by atoms with Gasteiger partial charge in [-0.1, -0.05) is 18.2 Å². The number of para-hydroxylation sites is 1. The van der Waals surface area contributed by atoms with Crippen LogP contribution >= 0.6 is 0 Å². The van der Waals surface area contributed by atoms with E-state index in [9.17, 15) is 27.6 Å². The van der Waals surface area contributed by atoms with E-state index in [1.807, 2.05) is 0 Å². The molecule has 0 radical (unpaired) electrons. The summed E-state index contributed by atoms with van der Waals surface area (Å²) in [6, 6.07) is 8.16. The van der Waals surface area contributed by atoms with Crippen LogP contribution in [0.15, 0.2) is 36.5 Å². The molecule has 0 saturated carbocycles. The van der Waals surface area contributed by atoms with Crippen LogP contribution in [0.25, 0.3) is 5.69 Å². The van der Waals surface area contributed by atoms with E-state index < -0.39 is 23.3 Å². The van der Waals surface area contributed by atoms with Crippen LogP contribution in [-0.4, -0.2) is 58.6 Å². The zero-order valence-electron chi connectivity index (χ0n) is 17.5. The highest BCUT2D eigenvalue weighted by molar-refractivity contribution is 5.95. The van der Waals surface area contributed by atoms with Crippen molar-refractivity contribution in [3.8, 4) is 5.69 Å². The number of amides is 3. The largest absolute Gasteiger partial charge is 0.435 e. The van der Waals surface area contributed by atoms with E-state index in [1.54, 1.807) is 35.2 Å². The van der Waals surface area contributed by atoms with E-state index >= 15 is 0 Å². The van der Waals surface area contributed by atoms with E-state index in [0.29, 0.717) is 31.6 Å². The van der Waals surface area contributed by atoms with Crippen molar-refractivity contribution >= 4 is 17.7 Å². The lowest BCUT2D eigenvalue weighted by Gasteiger charge is -2.30. The van der Waals surface area contributed by atoms with E-state index in [2.05, 4.69) is 15.7 Å². The van der Waals surface area contributed by atoms with Gasteiger partial charge >= 0.3 is 6.18 Å². The Morgan fingerprint density at radius 3 is 2.28 bits per heavy atom. The van der Waals surface area contributed by atoms with Gasteiger partial charge in [0.2, 0.25) is 11.8 Å². The van der Waals surface area contributed by atoms with Crippen molar-refractivity contribution in [1.29, 1.82) is 0 Å². The average molecular weight is 451 g/mol. The Bertz CT molecular complexity index is 967. The van der Waals surface area contributed by atoms with E-state index in [-0.39, 0.29) is 30.8 Å². The normalized spacial score (nSPS) is 14.8. The number of aromatic nitrogens is 2. The minimum atomic E-state index is -4.80. The topological polar surface area (TPSA) is 96.3 Å². The number of likely N-dealkylation sites (tertiary alicyclic amines) is 1. The number of rotatable bonds is 6. The van der Waals surface area contributed by atoms with Gasteiger partial charge in [0, 0.05) is 45.2 Å². The van der Waals surface area contributed by atoms with Crippen molar-refractivity contribution in [3.05, 3.63) is 47.8 Å². The fourth-order valence-electron chi connectivity index (χ4n) is 3.52. The fraction of sp³-hybridized carbons (Fsp3) is 0.429. The van der Waals surface area contributed by atoms with Crippen molar-refractivity contribution in [2.45, 2.75) is 25.9 Å². The van der Waals surface area contributed by atoms with Crippen molar-refractivity contribution < 1.29 is 27.6 Å². The highest BCUT2D eigenvalue weighted by Gasteiger charge is 2.39. The molecule has 11 heteroatoms. The summed E-state index contributed by atoms with van der Waals surface area (Å²) in [4.78, 5) is 37.7. The van der Waals surface area contributed by atoms with Crippen LogP contribution in [0.1, 0.15) is 35.8 Å². The Morgan fingerprint density at radius 2 is 1.69 bits per heavy atom. The molecule has 3 rings (SSSR count). The molecule has 2 aromatic rings. The maximum Gasteiger partial charge on any atom is 0.435 e. The molecule has 2 heterocycles. The average Bonchev–Trinajstić information content (AvgIpc) is 3.23. The molecule has 0 aliphatic carbocycles. The lowest BCUT2D eigenvalue weighted by atomic mass is 9.96. The van der Waals surface area contributed by atoms with Crippen molar-refractivity contribution in [1.82, 2.24) is 25.3 Å². The first-order chi connectivity index (χ1) is 15.2. The van der Waals surface area contributed by atoms with Gasteiger partial charge in [-0.15, -0.1) is 0 Å². The number of halogens is 3. The van der Waals surface area contributed by atoms with Crippen molar-refractivity contribution in [2.75, 3.05) is 26.2 Å². The number of nitrogens with one attached hydrogen (secondary N) is 2. The number of nitrogens with zero attached hydrogens (tertiary/aromatic N) is 3. The third kappa shape index (κ3) is 5.65. The summed E-state index contributed by atoms with van der Waals surface area (Å²) >= 11 is 0. The van der Waals surface area contributed by atoms with Gasteiger partial charge in [-0.3, -0.25) is 14.4 Å². The molecule has 172 valence electrons. The molecule has 1 fully saturated rings. The second-order valence-corrected chi connectivity index (χ2v) is 7.50. The van der Waals surface area contributed by atoms with Gasteiger partial charge in [0.05, 0.1) is 11.3 Å². The standard InChI is InChI=1S/C21H24F3N5O3/c1-14(30)28-11-7-15(8-12-28)19(31)25-9-10-26-20(32)17-13-29(16-5-3-2-4-6-16)27-18(17)21(22,23)24/h2-6,13,15H,7-12H2,1H3,(H,25,31)(H,26,32). The SMILES string of the molecule is CC(=O)N1CCC(C(=O)NCCNC(=O)c2cn(-c3ccccc3)nc2C(F)(F)F)CC1. The van der Waals surface area contributed by atoms with Crippen LogP contribution in [-0.2, 0) is 15.8 Å². The number of alkyl halides is 3. The molecule has 3 amide bonds. The predicted octanol–water partition coefficient (Wildman–Crippen LogP) is 2.00. The number of benzene rings is 1. The Balaban J connectivity index is 1.54. The van der Waals surface area contributed by atoms with Crippen LogP contribution in [0, 0.1) is 5.92 Å². The number of piperidine rings is 1. The Labute approximate surface area is 182 Å². The summed E-state index contributed by atoms with van der Waals surface area (Å²) in [5.41, 5.74) is -1.48. The molecule has 32 heavy (non-hydrogen) atoms. The van der Waals surface area contributed by atoms with Crippen molar-refractivity contribution in [2.24, 2.45) is 5.92 Å². The zero-order chi connectivity index (χ0) is 23.3. The molecule has 0 atom stereocenters. The summed E-state index contributed by atoms with van der Waals surface area (Å²) in [5.74, 6) is -1.39. The van der Waals surface area contributed by atoms with Crippen molar-refractivity contribution in [3.63, 3.8) is 0 Å². The second kappa shape index (κ2) is 9.84. The minimum Gasteiger partial charge on any atom is -0.354 e. The molecular weight excluding hydrogens is 427 g/mol. The Kier molecular flexibility index (Phi) is 7.16. The first kappa shape index (κ1) is 23.3. The van der Waals surface area contributed by atoms with Crippen LogP contribution in [0.3, 0.4) is 0 Å². The third-order valence-corrected chi connectivity index (χ3v) is 5.27. The first-order valence-electron chi connectivity index (χ1n) is 10.2. The van der Waals surface area contributed by atoms with Gasteiger partial charge in [-0.25, -0.2) is 4.68 Å². The highest BCUT2D eigenvalue weighted by Crippen LogP contribution is 2.31. The van der Waals surface area contributed by atoms with Gasteiger partial charge in [-0.05, 0) is 25.0 Å². The van der Waals surface area contributed by atoms with Gasteiger partial charge in [0.15, 0.2) is 5.69 Å². The Morgan fingerprint density at radius 1 is 1.06 bits per heavy atom. The molecule has 8 nitrogen and oxygen atoms in total. The van der Waals surface area contributed by atoms with Gasteiger partial charge < -0.3 is 15.5 Å². The quantitative estimate of drug-likeness (QED) is 0.657. The molecule has 1 aliphatic rings. The smallest absolute Gasteiger partial charge is 0.354 e. The van der Waals surface area contributed by atoms with E-state index in [0.717, 1.165) is 10.9 Å². The number of carbonyl (C=O) groups excluding carboxylic acids is 3. The minimum absolute atomic E-state index is 0.0274.